The number of rotatable bonds is 5. The second-order valence-electron chi connectivity index (χ2n) is 4.82. The van der Waals surface area contributed by atoms with E-state index in [1.807, 2.05) is 0 Å². The lowest BCUT2D eigenvalue weighted by atomic mass is 10.1. The molecular weight excluding hydrogens is 277 g/mol. The van der Waals surface area contributed by atoms with E-state index in [9.17, 15) is 9.18 Å². The maximum absolute atomic E-state index is 13.7. The Morgan fingerprint density at radius 2 is 2.29 bits per heavy atom. The average molecular weight is 291 g/mol. The van der Waals surface area contributed by atoms with Gasteiger partial charge in [0.1, 0.15) is 11.4 Å². The zero-order valence-electron chi connectivity index (χ0n) is 11.4. The SMILES string of the molecule is COC(=O)c1c(F)cccc1NCc1nnc(C2CC2)o1. The van der Waals surface area contributed by atoms with Gasteiger partial charge in [-0.1, -0.05) is 6.07 Å². The highest BCUT2D eigenvalue weighted by molar-refractivity contribution is 5.95. The zero-order valence-corrected chi connectivity index (χ0v) is 11.4. The topological polar surface area (TPSA) is 77.2 Å². The molecule has 0 spiro atoms. The number of ether oxygens (including phenoxy) is 1. The van der Waals surface area contributed by atoms with Crippen molar-refractivity contribution in [3.8, 4) is 0 Å². The number of hydrogen-bond donors (Lipinski definition) is 1. The average Bonchev–Trinajstić information content (AvgIpc) is 3.23. The molecule has 0 atom stereocenters. The van der Waals surface area contributed by atoms with Gasteiger partial charge in [-0.3, -0.25) is 0 Å². The number of halogens is 1. The van der Waals surface area contributed by atoms with E-state index in [2.05, 4.69) is 20.3 Å². The fourth-order valence-corrected chi connectivity index (χ4v) is 1.99. The van der Waals surface area contributed by atoms with Gasteiger partial charge in [0.15, 0.2) is 0 Å². The van der Waals surface area contributed by atoms with Crippen molar-refractivity contribution in [1.29, 1.82) is 0 Å². The Balaban J connectivity index is 1.74. The van der Waals surface area contributed by atoms with Crippen molar-refractivity contribution in [3.05, 3.63) is 41.4 Å². The third-order valence-electron chi connectivity index (χ3n) is 3.24. The Morgan fingerprint density at radius 1 is 1.48 bits per heavy atom. The van der Waals surface area contributed by atoms with Crippen LogP contribution in [0.15, 0.2) is 22.6 Å². The van der Waals surface area contributed by atoms with E-state index in [0.29, 0.717) is 23.4 Å². The molecule has 0 saturated heterocycles. The van der Waals surface area contributed by atoms with Crippen molar-refractivity contribution in [2.45, 2.75) is 25.3 Å². The summed E-state index contributed by atoms with van der Waals surface area (Å²) in [5.74, 6) is 0.0399. The number of nitrogens with zero attached hydrogens (tertiary/aromatic N) is 2. The van der Waals surface area contributed by atoms with Crippen LogP contribution in [0.5, 0.6) is 0 Å². The first-order chi connectivity index (χ1) is 10.2. The highest BCUT2D eigenvalue weighted by Crippen LogP contribution is 2.39. The van der Waals surface area contributed by atoms with Gasteiger partial charge in [0.2, 0.25) is 11.8 Å². The quantitative estimate of drug-likeness (QED) is 0.853. The fourth-order valence-electron chi connectivity index (χ4n) is 1.99. The molecular formula is C14H14FN3O3. The third-order valence-corrected chi connectivity index (χ3v) is 3.24. The van der Waals surface area contributed by atoms with Crippen LogP contribution in [-0.2, 0) is 11.3 Å². The Morgan fingerprint density at radius 3 is 3.00 bits per heavy atom. The van der Waals surface area contributed by atoms with Crippen LogP contribution in [0.1, 0.15) is 40.9 Å². The van der Waals surface area contributed by atoms with Crippen LogP contribution in [0.2, 0.25) is 0 Å². The number of methoxy groups -OCH3 is 1. The van der Waals surface area contributed by atoms with E-state index in [0.717, 1.165) is 12.8 Å². The van der Waals surface area contributed by atoms with Gasteiger partial charge in [-0.15, -0.1) is 10.2 Å². The summed E-state index contributed by atoms with van der Waals surface area (Å²) in [5, 5.41) is 10.8. The largest absolute Gasteiger partial charge is 0.465 e. The van der Waals surface area contributed by atoms with E-state index in [4.69, 9.17) is 4.42 Å². The molecule has 0 aliphatic heterocycles. The summed E-state index contributed by atoms with van der Waals surface area (Å²) in [7, 11) is 1.21. The molecule has 2 aromatic rings. The monoisotopic (exact) mass is 291 g/mol. The lowest BCUT2D eigenvalue weighted by molar-refractivity contribution is 0.0596. The number of esters is 1. The Hall–Kier alpha value is -2.44. The van der Waals surface area contributed by atoms with E-state index in [-0.39, 0.29) is 12.1 Å². The molecule has 0 bridgehead atoms. The van der Waals surface area contributed by atoms with Gasteiger partial charge in [-0.05, 0) is 25.0 Å². The van der Waals surface area contributed by atoms with Gasteiger partial charge in [0.05, 0.1) is 19.3 Å². The first-order valence-electron chi connectivity index (χ1n) is 6.62. The molecule has 6 nitrogen and oxygen atoms in total. The fraction of sp³-hybridized carbons (Fsp3) is 0.357. The van der Waals surface area contributed by atoms with Crippen LogP contribution in [0, 0.1) is 5.82 Å². The smallest absolute Gasteiger partial charge is 0.342 e. The van der Waals surface area contributed by atoms with Gasteiger partial charge in [0.25, 0.3) is 0 Å². The van der Waals surface area contributed by atoms with Crippen LogP contribution in [0.3, 0.4) is 0 Å². The van der Waals surface area contributed by atoms with E-state index < -0.39 is 11.8 Å². The van der Waals surface area contributed by atoms with Crippen molar-refractivity contribution >= 4 is 11.7 Å². The first kappa shape index (κ1) is 13.5. The second kappa shape index (κ2) is 5.51. The number of benzene rings is 1. The molecule has 0 amide bonds. The number of aromatic nitrogens is 2. The lowest BCUT2D eigenvalue weighted by Crippen LogP contribution is -2.10. The van der Waals surface area contributed by atoms with Gasteiger partial charge < -0.3 is 14.5 Å². The van der Waals surface area contributed by atoms with Crippen molar-refractivity contribution < 1.29 is 18.3 Å². The van der Waals surface area contributed by atoms with Crippen LogP contribution in [-0.4, -0.2) is 23.3 Å². The van der Waals surface area contributed by atoms with Crippen LogP contribution in [0.4, 0.5) is 10.1 Å². The van der Waals surface area contributed by atoms with Crippen molar-refractivity contribution in [2.24, 2.45) is 0 Å². The van der Waals surface area contributed by atoms with E-state index >= 15 is 0 Å². The van der Waals surface area contributed by atoms with Crippen LogP contribution >= 0.6 is 0 Å². The van der Waals surface area contributed by atoms with Gasteiger partial charge in [-0.2, -0.15) is 0 Å². The minimum atomic E-state index is -0.736. The molecule has 110 valence electrons. The molecule has 1 aromatic carbocycles. The number of anilines is 1. The Labute approximate surface area is 120 Å². The molecule has 1 N–H and O–H groups in total. The summed E-state index contributed by atoms with van der Waals surface area (Å²) >= 11 is 0. The molecule has 21 heavy (non-hydrogen) atoms. The molecule has 1 aliphatic carbocycles. The Bertz CT molecular complexity index is 667. The Kier molecular flexibility index (Phi) is 3.55. The summed E-state index contributed by atoms with van der Waals surface area (Å²) < 4.78 is 23.8. The van der Waals surface area contributed by atoms with Crippen molar-refractivity contribution in [2.75, 3.05) is 12.4 Å². The molecule has 1 fully saturated rings. The van der Waals surface area contributed by atoms with Gasteiger partial charge >= 0.3 is 5.97 Å². The van der Waals surface area contributed by atoms with Crippen LogP contribution < -0.4 is 5.32 Å². The second-order valence-corrected chi connectivity index (χ2v) is 4.82. The summed E-state index contributed by atoms with van der Waals surface area (Å²) in [6.07, 6.45) is 2.15. The summed E-state index contributed by atoms with van der Waals surface area (Å²) in [6, 6.07) is 4.30. The van der Waals surface area contributed by atoms with E-state index in [1.165, 1.54) is 19.2 Å². The minimum absolute atomic E-state index is 0.137. The van der Waals surface area contributed by atoms with E-state index in [1.54, 1.807) is 6.07 Å². The highest BCUT2D eigenvalue weighted by atomic mass is 19.1. The summed E-state index contributed by atoms with van der Waals surface area (Å²) in [4.78, 5) is 11.6. The molecule has 1 aliphatic rings. The maximum atomic E-state index is 13.7. The maximum Gasteiger partial charge on any atom is 0.342 e. The number of hydrogen-bond acceptors (Lipinski definition) is 6. The standard InChI is InChI=1S/C14H14FN3O3/c1-20-14(19)12-9(15)3-2-4-10(12)16-7-11-17-18-13(21-11)8-5-6-8/h2-4,8,16H,5-7H2,1H3. The molecule has 0 unspecified atom stereocenters. The van der Waals surface area contributed by atoms with Crippen LogP contribution in [0.25, 0.3) is 0 Å². The molecule has 1 aromatic heterocycles. The number of nitrogens with one attached hydrogen (secondary N) is 1. The van der Waals surface area contributed by atoms with Gasteiger partial charge in [0, 0.05) is 5.92 Å². The third kappa shape index (κ3) is 2.86. The predicted molar refractivity (Wildman–Crippen MR) is 71.3 cm³/mol. The lowest BCUT2D eigenvalue weighted by Gasteiger charge is -2.09. The highest BCUT2D eigenvalue weighted by Gasteiger charge is 2.29. The number of carbonyl (C=O) groups is 1. The first-order valence-corrected chi connectivity index (χ1v) is 6.62. The molecule has 7 heteroatoms. The summed E-state index contributed by atoms with van der Waals surface area (Å²) in [5.41, 5.74) is 0.190. The van der Waals surface area contributed by atoms with Crippen molar-refractivity contribution in [1.82, 2.24) is 10.2 Å². The van der Waals surface area contributed by atoms with Gasteiger partial charge in [-0.25, -0.2) is 9.18 Å². The summed E-state index contributed by atoms with van der Waals surface area (Å²) in [6.45, 7) is 0.215. The molecule has 0 radical (unpaired) electrons. The molecule has 1 heterocycles. The minimum Gasteiger partial charge on any atom is -0.465 e. The number of carbonyl (C=O) groups excluding carboxylic acids is 1. The molecule has 1 saturated carbocycles. The molecule has 3 rings (SSSR count). The predicted octanol–water partition coefficient (Wildman–Crippen LogP) is 2.48. The van der Waals surface area contributed by atoms with Crippen molar-refractivity contribution in [3.63, 3.8) is 0 Å². The normalized spacial score (nSPS) is 14.0. The zero-order chi connectivity index (χ0) is 14.8.